The Bertz CT molecular complexity index is 245. The van der Waals surface area contributed by atoms with E-state index in [1.165, 1.54) is 0 Å². The Morgan fingerprint density at radius 3 is 3.07 bits per heavy atom. The van der Waals surface area contributed by atoms with Crippen LogP contribution >= 0.6 is 22.6 Å². The largest absolute Gasteiger partial charge is 0.461 e. The summed E-state index contributed by atoms with van der Waals surface area (Å²) in [5.74, 6) is 0.0346. The van der Waals surface area contributed by atoms with Crippen molar-refractivity contribution in [2.45, 2.75) is 22.6 Å². The van der Waals surface area contributed by atoms with E-state index in [1.54, 1.807) is 7.11 Å². The highest BCUT2D eigenvalue weighted by molar-refractivity contribution is 14.1. The minimum Gasteiger partial charge on any atom is -0.461 e. The molecule has 14 heavy (non-hydrogen) atoms. The molecule has 1 aliphatic heterocycles. The Hall–Kier alpha value is 0.120. The van der Waals surface area contributed by atoms with E-state index in [0.29, 0.717) is 13.0 Å². The number of carbonyl (C=O) groups is 1. The zero-order chi connectivity index (χ0) is 10.3. The first kappa shape index (κ1) is 10.6. The van der Waals surface area contributed by atoms with Gasteiger partial charge in [0.05, 0.1) is 23.1 Å². The summed E-state index contributed by atoms with van der Waals surface area (Å²) in [5, 5.41) is 9.90. The predicted octanol–water partition coefficient (Wildman–Crippen LogP) is 0.359. The van der Waals surface area contributed by atoms with Gasteiger partial charge >= 0.3 is 5.97 Å². The van der Waals surface area contributed by atoms with Crippen LogP contribution in [0.2, 0.25) is 0 Å². The fraction of sp³-hybridized carbons (Fsp3) is 0.889. The normalized spacial score (nSPS) is 46.5. The van der Waals surface area contributed by atoms with Crippen LogP contribution in [0.15, 0.2) is 0 Å². The van der Waals surface area contributed by atoms with Gasteiger partial charge in [0, 0.05) is 18.9 Å². The van der Waals surface area contributed by atoms with Crippen LogP contribution in [-0.2, 0) is 14.3 Å². The van der Waals surface area contributed by atoms with Crippen LogP contribution in [-0.4, -0.2) is 40.9 Å². The molecule has 1 heterocycles. The fourth-order valence-corrected chi connectivity index (χ4v) is 3.60. The first-order valence-corrected chi connectivity index (χ1v) is 5.90. The molecule has 0 aromatic heterocycles. The minimum atomic E-state index is -0.418. The number of aliphatic hydroxyl groups excluding tert-OH is 1. The summed E-state index contributed by atoms with van der Waals surface area (Å²) in [6.45, 7) is 0.498. The van der Waals surface area contributed by atoms with Gasteiger partial charge in [0.15, 0.2) is 0 Å². The third kappa shape index (κ3) is 1.55. The molecule has 1 saturated heterocycles. The van der Waals surface area contributed by atoms with Crippen LogP contribution in [0.25, 0.3) is 0 Å². The molecule has 0 amide bonds. The van der Waals surface area contributed by atoms with Gasteiger partial charge in [-0.25, -0.2) is 0 Å². The number of carbonyl (C=O) groups excluding carboxylic acids is 1. The van der Waals surface area contributed by atoms with Gasteiger partial charge in [0.2, 0.25) is 0 Å². The van der Waals surface area contributed by atoms with Gasteiger partial charge < -0.3 is 14.6 Å². The van der Waals surface area contributed by atoms with Crippen LogP contribution in [0, 0.1) is 11.8 Å². The summed E-state index contributed by atoms with van der Waals surface area (Å²) in [4.78, 5) is 11.1. The van der Waals surface area contributed by atoms with Crippen LogP contribution in [0.4, 0.5) is 0 Å². The molecule has 1 N–H and O–H groups in total. The lowest BCUT2D eigenvalue weighted by atomic mass is 9.93. The van der Waals surface area contributed by atoms with Crippen molar-refractivity contribution < 1.29 is 19.4 Å². The molecule has 0 bridgehead atoms. The molecule has 0 unspecified atom stereocenters. The zero-order valence-electron chi connectivity index (χ0n) is 7.85. The number of ether oxygens (including phenoxy) is 2. The average Bonchev–Trinajstić information content (AvgIpc) is 2.61. The molecule has 1 saturated carbocycles. The number of halogens is 1. The number of fused-ring (bicyclic) bond motifs is 1. The van der Waals surface area contributed by atoms with Crippen LogP contribution < -0.4 is 0 Å². The van der Waals surface area contributed by atoms with Crippen LogP contribution in [0.5, 0.6) is 0 Å². The van der Waals surface area contributed by atoms with E-state index in [2.05, 4.69) is 22.6 Å². The molecule has 5 heteroatoms. The summed E-state index contributed by atoms with van der Waals surface area (Å²) in [6, 6.07) is 0. The Kier molecular flexibility index (Phi) is 2.99. The summed E-state index contributed by atoms with van der Waals surface area (Å²) < 4.78 is 10.2. The lowest BCUT2D eigenvalue weighted by Gasteiger charge is -2.18. The molecule has 0 aromatic carbocycles. The molecule has 0 radical (unpaired) electrons. The van der Waals surface area contributed by atoms with Crippen molar-refractivity contribution in [3.8, 4) is 0 Å². The van der Waals surface area contributed by atoms with E-state index in [9.17, 15) is 9.90 Å². The zero-order valence-corrected chi connectivity index (χ0v) is 10.0. The van der Waals surface area contributed by atoms with E-state index < -0.39 is 6.10 Å². The van der Waals surface area contributed by atoms with Gasteiger partial charge in [0.1, 0.15) is 6.10 Å². The van der Waals surface area contributed by atoms with Crippen LogP contribution in [0.3, 0.4) is 0 Å². The molecular formula is C9H13IO4. The quantitative estimate of drug-likeness (QED) is 0.454. The van der Waals surface area contributed by atoms with Crippen molar-refractivity contribution in [2.24, 2.45) is 11.8 Å². The van der Waals surface area contributed by atoms with E-state index in [0.717, 1.165) is 0 Å². The van der Waals surface area contributed by atoms with Gasteiger partial charge in [-0.1, -0.05) is 22.6 Å². The second-order valence-corrected chi connectivity index (χ2v) is 5.32. The summed E-state index contributed by atoms with van der Waals surface area (Å²) >= 11 is 2.16. The molecule has 2 fully saturated rings. The highest BCUT2D eigenvalue weighted by Crippen LogP contribution is 2.44. The van der Waals surface area contributed by atoms with Crippen molar-refractivity contribution in [3.63, 3.8) is 0 Å². The number of alkyl halides is 1. The first-order chi connectivity index (χ1) is 6.65. The number of esters is 1. The lowest BCUT2D eigenvalue weighted by molar-refractivity contribution is -0.141. The second kappa shape index (κ2) is 3.94. The molecular weight excluding hydrogens is 299 g/mol. The van der Waals surface area contributed by atoms with Crippen molar-refractivity contribution in [3.05, 3.63) is 0 Å². The molecule has 4 nitrogen and oxygen atoms in total. The van der Waals surface area contributed by atoms with E-state index in [1.807, 2.05) is 0 Å². The molecule has 80 valence electrons. The Morgan fingerprint density at radius 2 is 2.43 bits per heavy atom. The first-order valence-electron chi connectivity index (χ1n) is 4.65. The van der Waals surface area contributed by atoms with Gasteiger partial charge in [0.25, 0.3) is 0 Å². The van der Waals surface area contributed by atoms with Gasteiger partial charge in [-0.05, 0) is 0 Å². The van der Waals surface area contributed by atoms with Gasteiger partial charge in [-0.3, -0.25) is 4.79 Å². The van der Waals surface area contributed by atoms with Crippen molar-refractivity contribution in [2.75, 3.05) is 13.7 Å². The number of hydrogen-bond acceptors (Lipinski definition) is 4. The topological polar surface area (TPSA) is 55.8 Å². The fourth-order valence-electron chi connectivity index (χ4n) is 2.39. The van der Waals surface area contributed by atoms with E-state index in [4.69, 9.17) is 9.47 Å². The summed E-state index contributed by atoms with van der Waals surface area (Å²) in [5.41, 5.74) is 0. The number of rotatable bonds is 2. The average molecular weight is 312 g/mol. The maximum absolute atomic E-state index is 11.1. The predicted molar refractivity (Wildman–Crippen MR) is 57.2 cm³/mol. The van der Waals surface area contributed by atoms with Gasteiger partial charge in [-0.2, -0.15) is 0 Å². The Morgan fingerprint density at radius 1 is 1.71 bits per heavy atom. The number of methoxy groups -OCH3 is 1. The summed E-state index contributed by atoms with van der Waals surface area (Å²) in [6.07, 6.45) is -0.105. The van der Waals surface area contributed by atoms with Crippen molar-refractivity contribution in [1.29, 1.82) is 0 Å². The SMILES string of the molecule is COC[C@H]1[C@H](O)[C@@H](I)[C@@H]2OC(=O)C[C@H]12. The smallest absolute Gasteiger partial charge is 0.306 e. The monoisotopic (exact) mass is 312 g/mol. The van der Waals surface area contributed by atoms with E-state index in [-0.39, 0.29) is 27.8 Å². The summed E-state index contributed by atoms with van der Waals surface area (Å²) in [7, 11) is 1.61. The minimum absolute atomic E-state index is 0.00389. The van der Waals surface area contributed by atoms with Gasteiger partial charge in [-0.15, -0.1) is 0 Å². The lowest BCUT2D eigenvalue weighted by Crippen LogP contribution is -2.29. The molecule has 2 aliphatic rings. The molecule has 5 atom stereocenters. The van der Waals surface area contributed by atoms with Crippen molar-refractivity contribution in [1.82, 2.24) is 0 Å². The maximum atomic E-state index is 11.1. The highest BCUT2D eigenvalue weighted by atomic mass is 127. The Balaban J connectivity index is 2.14. The third-order valence-electron chi connectivity index (χ3n) is 3.08. The number of aliphatic hydroxyl groups is 1. The Labute approximate surface area is 96.1 Å². The maximum Gasteiger partial charge on any atom is 0.306 e. The molecule has 0 spiro atoms. The van der Waals surface area contributed by atoms with E-state index >= 15 is 0 Å². The highest BCUT2D eigenvalue weighted by Gasteiger charge is 2.54. The van der Waals surface area contributed by atoms with Crippen LogP contribution in [0.1, 0.15) is 6.42 Å². The second-order valence-electron chi connectivity index (χ2n) is 3.88. The third-order valence-corrected chi connectivity index (χ3v) is 4.53. The standard InChI is InChI=1S/C9H13IO4/c1-13-3-5-4-2-6(11)14-9(4)7(10)8(5)12/h4-5,7-9,12H,2-3H2,1H3/t4-,5-,7-,8+,9-/m1/s1. The number of hydrogen-bond donors (Lipinski definition) is 1. The molecule has 2 rings (SSSR count). The molecule has 1 aliphatic carbocycles. The molecule has 0 aromatic rings. The van der Waals surface area contributed by atoms with Crippen molar-refractivity contribution >= 4 is 28.6 Å².